The minimum Gasteiger partial charge on any atom is -0.337 e. The summed E-state index contributed by atoms with van der Waals surface area (Å²) in [6, 6.07) is 16.8. The average molecular weight is 432 g/mol. The lowest BCUT2D eigenvalue weighted by Crippen LogP contribution is -2.47. The van der Waals surface area contributed by atoms with Gasteiger partial charge in [-0.25, -0.2) is 0 Å². The fourth-order valence-electron chi connectivity index (χ4n) is 4.86. The van der Waals surface area contributed by atoms with Crippen molar-refractivity contribution in [1.29, 1.82) is 0 Å². The number of aryl methyl sites for hydroxylation is 2. The summed E-state index contributed by atoms with van der Waals surface area (Å²) in [4.78, 5) is 22.0. The predicted molar refractivity (Wildman–Crippen MR) is 126 cm³/mol. The number of amides is 1. The molecule has 32 heavy (non-hydrogen) atoms. The van der Waals surface area contributed by atoms with E-state index in [1.54, 1.807) is 4.68 Å². The lowest BCUT2D eigenvalue weighted by molar-refractivity contribution is 0.0575. The molecule has 0 unspecified atom stereocenters. The molecule has 0 aliphatic carbocycles. The zero-order valence-corrected chi connectivity index (χ0v) is 19.3. The summed E-state index contributed by atoms with van der Waals surface area (Å²) < 4.78 is 1.70. The monoisotopic (exact) mass is 431 g/mol. The van der Waals surface area contributed by atoms with Crippen LogP contribution in [-0.2, 0) is 20.0 Å². The number of aromatic nitrogens is 3. The molecule has 6 heteroatoms. The Bertz CT molecular complexity index is 1010. The van der Waals surface area contributed by atoms with E-state index in [4.69, 9.17) is 0 Å². The van der Waals surface area contributed by atoms with Crippen LogP contribution in [0.15, 0.2) is 60.9 Å². The van der Waals surface area contributed by atoms with Crippen LogP contribution in [0.3, 0.4) is 0 Å². The topological polar surface area (TPSA) is 54.3 Å². The Morgan fingerprint density at radius 2 is 1.78 bits per heavy atom. The first kappa shape index (κ1) is 22.2. The average Bonchev–Trinajstić information content (AvgIpc) is 3.16. The van der Waals surface area contributed by atoms with E-state index in [0.717, 1.165) is 44.6 Å². The number of hydrogen-bond donors (Lipinski definition) is 0. The van der Waals surface area contributed by atoms with Crippen LogP contribution in [0, 0.1) is 12.8 Å². The van der Waals surface area contributed by atoms with E-state index in [2.05, 4.69) is 51.4 Å². The minimum atomic E-state index is 0.0493. The zero-order valence-electron chi connectivity index (χ0n) is 19.3. The highest BCUT2D eigenvalue weighted by molar-refractivity contribution is 5.92. The van der Waals surface area contributed by atoms with Crippen molar-refractivity contribution in [3.8, 4) is 0 Å². The number of carbonyl (C=O) groups is 1. The molecule has 0 spiro atoms. The fraction of sp³-hybridized carbons (Fsp3) is 0.423. The normalized spacial score (nSPS) is 16.1. The molecule has 168 valence electrons. The second-order valence-corrected chi connectivity index (χ2v) is 8.94. The Balaban J connectivity index is 1.48. The van der Waals surface area contributed by atoms with Crippen LogP contribution in [0.1, 0.15) is 40.2 Å². The number of benzene rings is 1. The van der Waals surface area contributed by atoms with Crippen LogP contribution >= 0.6 is 0 Å². The molecule has 1 atom stereocenters. The zero-order chi connectivity index (χ0) is 22.5. The molecule has 0 N–H and O–H groups in total. The van der Waals surface area contributed by atoms with Crippen molar-refractivity contribution in [2.45, 2.75) is 38.8 Å². The smallest absolute Gasteiger partial charge is 0.272 e. The van der Waals surface area contributed by atoms with Crippen molar-refractivity contribution >= 4 is 5.91 Å². The summed E-state index contributed by atoms with van der Waals surface area (Å²) in [5.41, 5.74) is 4.10. The van der Waals surface area contributed by atoms with Gasteiger partial charge < -0.3 is 4.90 Å². The Labute approximate surface area is 190 Å². The summed E-state index contributed by atoms with van der Waals surface area (Å²) in [6.45, 7) is 4.98. The number of likely N-dealkylation sites (tertiary alicyclic amines) is 1. The third-order valence-corrected chi connectivity index (χ3v) is 6.66. The molecule has 4 rings (SSSR count). The van der Waals surface area contributed by atoms with Crippen molar-refractivity contribution < 1.29 is 4.79 Å². The molecule has 0 bridgehead atoms. The van der Waals surface area contributed by atoms with E-state index in [-0.39, 0.29) is 11.9 Å². The third-order valence-electron chi connectivity index (χ3n) is 6.66. The van der Waals surface area contributed by atoms with Gasteiger partial charge in [-0.3, -0.25) is 19.4 Å². The second kappa shape index (κ2) is 10.1. The Morgan fingerprint density at radius 3 is 2.41 bits per heavy atom. The molecule has 2 aromatic heterocycles. The largest absolute Gasteiger partial charge is 0.337 e. The number of pyridine rings is 1. The van der Waals surface area contributed by atoms with Crippen LogP contribution < -0.4 is 0 Å². The number of hydrogen-bond acceptors (Lipinski definition) is 4. The molecule has 0 saturated carbocycles. The summed E-state index contributed by atoms with van der Waals surface area (Å²) in [5, 5.41) is 4.38. The first-order chi connectivity index (χ1) is 15.5. The van der Waals surface area contributed by atoms with Crippen molar-refractivity contribution in [1.82, 2.24) is 24.6 Å². The van der Waals surface area contributed by atoms with Gasteiger partial charge in [0.25, 0.3) is 5.91 Å². The van der Waals surface area contributed by atoms with Gasteiger partial charge in [-0.2, -0.15) is 5.10 Å². The van der Waals surface area contributed by atoms with Gasteiger partial charge in [0, 0.05) is 39.1 Å². The van der Waals surface area contributed by atoms with Crippen molar-refractivity contribution in [2.75, 3.05) is 20.1 Å². The quantitative estimate of drug-likeness (QED) is 0.572. The van der Waals surface area contributed by atoms with E-state index >= 15 is 0 Å². The van der Waals surface area contributed by atoms with Gasteiger partial charge in [-0.1, -0.05) is 30.3 Å². The Morgan fingerprint density at radius 1 is 1.09 bits per heavy atom. The molecule has 1 aromatic carbocycles. The molecular weight excluding hydrogens is 398 g/mol. The van der Waals surface area contributed by atoms with Crippen molar-refractivity contribution in [2.24, 2.45) is 13.0 Å². The highest BCUT2D eigenvalue weighted by Crippen LogP contribution is 2.28. The molecule has 1 aliphatic rings. The van der Waals surface area contributed by atoms with E-state index in [1.807, 2.05) is 50.4 Å². The molecule has 1 aliphatic heterocycles. The van der Waals surface area contributed by atoms with Gasteiger partial charge in [0.15, 0.2) is 0 Å². The standard InChI is InChI=1S/C26H33N5O/c1-20-17-25(30(3)28-20)26(32)29(2)24(18-21-7-5-4-6-8-21)23-11-15-31(16-12-23)19-22-9-13-27-14-10-22/h4-10,13-14,17,23-24H,11-12,15-16,18-19H2,1-3H3/t24-/m0/s1. The maximum Gasteiger partial charge on any atom is 0.272 e. The van der Waals surface area contributed by atoms with Crippen molar-refractivity contribution in [3.05, 3.63) is 83.4 Å². The van der Waals surface area contributed by atoms with Crippen LogP contribution in [0.2, 0.25) is 0 Å². The molecule has 0 radical (unpaired) electrons. The summed E-state index contributed by atoms with van der Waals surface area (Å²) >= 11 is 0. The Kier molecular flexibility index (Phi) is 7.00. The van der Waals surface area contributed by atoms with Gasteiger partial charge in [0.05, 0.1) is 5.69 Å². The highest BCUT2D eigenvalue weighted by atomic mass is 16.2. The lowest BCUT2D eigenvalue weighted by Gasteiger charge is -2.40. The van der Waals surface area contributed by atoms with Crippen LogP contribution in [0.4, 0.5) is 0 Å². The SMILES string of the molecule is Cc1cc(C(=O)N(C)[C@@H](Cc2ccccc2)C2CCN(Cc3ccncc3)CC2)n(C)n1. The molecule has 6 nitrogen and oxygen atoms in total. The summed E-state index contributed by atoms with van der Waals surface area (Å²) in [7, 11) is 3.81. The van der Waals surface area contributed by atoms with Gasteiger partial charge in [0.1, 0.15) is 5.69 Å². The van der Waals surface area contributed by atoms with Gasteiger partial charge in [-0.15, -0.1) is 0 Å². The first-order valence-electron chi connectivity index (χ1n) is 11.4. The molecule has 3 heterocycles. The third kappa shape index (κ3) is 5.25. The number of nitrogens with zero attached hydrogens (tertiary/aromatic N) is 5. The second-order valence-electron chi connectivity index (χ2n) is 8.94. The number of piperidine rings is 1. The van der Waals surface area contributed by atoms with E-state index in [9.17, 15) is 4.79 Å². The summed E-state index contributed by atoms with van der Waals surface area (Å²) in [5.74, 6) is 0.514. The molecule has 1 fully saturated rings. The maximum absolute atomic E-state index is 13.4. The highest BCUT2D eigenvalue weighted by Gasteiger charge is 2.32. The molecule has 3 aromatic rings. The van der Waals surface area contributed by atoms with Crippen LogP contribution in [0.25, 0.3) is 0 Å². The maximum atomic E-state index is 13.4. The minimum absolute atomic E-state index is 0.0493. The molecular formula is C26H33N5O. The predicted octanol–water partition coefficient (Wildman–Crippen LogP) is 3.72. The van der Waals surface area contributed by atoms with Crippen LogP contribution in [-0.4, -0.2) is 56.7 Å². The number of rotatable bonds is 7. The lowest BCUT2D eigenvalue weighted by atomic mass is 9.84. The first-order valence-corrected chi connectivity index (χ1v) is 11.4. The van der Waals surface area contributed by atoms with Crippen molar-refractivity contribution in [3.63, 3.8) is 0 Å². The summed E-state index contributed by atoms with van der Waals surface area (Å²) in [6.07, 6.45) is 6.77. The van der Waals surface area contributed by atoms with Gasteiger partial charge in [0.2, 0.25) is 0 Å². The van der Waals surface area contributed by atoms with Crippen LogP contribution in [0.5, 0.6) is 0 Å². The Hall–Kier alpha value is -2.99. The van der Waals surface area contributed by atoms with Gasteiger partial charge >= 0.3 is 0 Å². The van der Waals surface area contributed by atoms with E-state index in [1.165, 1.54) is 11.1 Å². The van der Waals surface area contributed by atoms with E-state index in [0.29, 0.717) is 11.6 Å². The number of carbonyl (C=O) groups excluding carboxylic acids is 1. The van der Waals surface area contributed by atoms with Gasteiger partial charge in [-0.05, 0) is 74.5 Å². The molecule has 1 amide bonds. The number of likely N-dealkylation sites (N-methyl/N-ethyl adjacent to an activating group) is 1. The molecule has 1 saturated heterocycles. The van der Waals surface area contributed by atoms with E-state index < -0.39 is 0 Å². The fourth-order valence-corrected chi connectivity index (χ4v) is 4.86.